The fraction of sp³-hybridized carbons (Fsp3) is 0.562. The molecule has 1 aromatic carbocycles. The lowest BCUT2D eigenvalue weighted by molar-refractivity contribution is 0.0828. The van der Waals surface area contributed by atoms with Crippen LogP contribution in [0.4, 0.5) is 5.69 Å². The van der Waals surface area contributed by atoms with Crippen molar-refractivity contribution in [3.63, 3.8) is 0 Å². The molecule has 0 spiro atoms. The molecule has 0 bridgehead atoms. The molecular weight excluding hydrogens is 236 g/mol. The van der Waals surface area contributed by atoms with Crippen molar-refractivity contribution in [1.82, 2.24) is 4.90 Å². The Kier molecular flexibility index (Phi) is 4.46. The molecule has 1 saturated carbocycles. The van der Waals surface area contributed by atoms with Gasteiger partial charge in [0, 0.05) is 25.8 Å². The SMILES string of the molecule is CC(CC1CCC1)Nc1ccccc1C(=O)N(C)C. The van der Waals surface area contributed by atoms with Crippen molar-refractivity contribution in [1.29, 1.82) is 0 Å². The fourth-order valence-electron chi connectivity index (χ4n) is 2.59. The first kappa shape index (κ1) is 13.9. The molecule has 1 fully saturated rings. The lowest BCUT2D eigenvalue weighted by Gasteiger charge is -2.29. The van der Waals surface area contributed by atoms with Crippen LogP contribution in [0, 0.1) is 5.92 Å². The summed E-state index contributed by atoms with van der Waals surface area (Å²) < 4.78 is 0. The molecule has 1 amide bonds. The van der Waals surface area contributed by atoms with Gasteiger partial charge < -0.3 is 10.2 Å². The molecule has 3 nitrogen and oxygen atoms in total. The number of hydrogen-bond acceptors (Lipinski definition) is 2. The zero-order valence-electron chi connectivity index (χ0n) is 12.1. The number of nitrogens with zero attached hydrogens (tertiary/aromatic N) is 1. The Hall–Kier alpha value is -1.51. The molecule has 1 aromatic rings. The first-order valence-corrected chi connectivity index (χ1v) is 7.15. The normalized spacial score (nSPS) is 16.6. The number of rotatable bonds is 5. The first-order valence-electron chi connectivity index (χ1n) is 7.15. The van der Waals surface area contributed by atoms with E-state index in [1.54, 1.807) is 19.0 Å². The minimum atomic E-state index is 0.0546. The number of hydrogen-bond donors (Lipinski definition) is 1. The van der Waals surface area contributed by atoms with Crippen LogP contribution in [0.15, 0.2) is 24.3 Å². The van der Waals surface area contributed by atoms with Crippen molar-refractivity contribution >= 4 is 11.6 Å². The van der Waals surface area contributed by atoms with Gasteiger partial charge in [0.25, 0.3) is 5.91 Å². The Morgan fingerprint density at radius 1 is 1.37 bits per heavy atom. The van der Waals surface area contributed by atoms with Gasteiger partial charge in [-0.25, -0.2) is 0 Å². The van der Waals surface area contributed by atoms with Crippen LogP contribution >= 0.6 is 0 Å². The monoisotopic (exact) mass is 260 g/mol. The summed E-state index contributed by atoms with van der Waals surface area (Å²) in [6, 6.07) is 8.19. The standard InChI is InChI=1S/C16H24N2O/c1-12(11-13-7-6-8-13)17-15-10-5-4-9-14(15)16(19)18(2)3/h4-5,9-10,12-13,17H,6-8,11H2,1-3H3. The van der Waals surface area contributed by atoms with Gasteiger partial charge in [-0.2, -0.15) is 0 Å². The molecule has 104 valence electrons. The molecule has 1 unspecified atom stereocenters. The van der Waals surface area contributed by atoms with Crippen LogP contribution < -0.4 is 5.32 Å². The van der Waals surface area contributed by atoms with E-state index in [1.807, 2.05) is 24.3 Å². The van der Waals surface area contributed by atoms with Crippen molar-refractivity contribution in [3.05, 3.63) is 29.8 Å². The van der Waals surface area contributed by atoms with Gasteiger partial charge in [-0.1, -0.05) is 31.4 Å². The smallest absolute Gasteiger partial charge is 0.255 e. The number of carbonyl (C=O) groups is 1. The van der Waals surface area contributed by atoms with Gasteiger partial charge in [0.15, 0.2) is 0 Å². The maximum atomic E-state index is 12.1. The zero-order chi connectivity index (χ0) is 13.8. The molecule has 3 heteroatoms. The minimum Gasteiger partial charge on any atom is -0.382 e. The molecule has 0 heterocycles. The van der Waals surface area contributed by atoms with Gasteiger partial charge in [-0.3, -0.25) is 4.79 Å². The van der Waals surface area contributed by atoms with E-state index in [0.29, 0.717) is 6.04 Å². The molecule has 0 saturated heterocycles. The third kappa shape index (κ3) is 3.49. The number of benzene rings is 1. The van der Waals surface area contributed by atoms with Crippen LogP contribution in [0.3, 0.4) is 0 Å². The van der Waals surface area contributed by atoms with Crippen LogP contribution in [-0.2, 0) is 0 Å². The van der Waals surface area contributed by atoms with E-state index >= 15 is 0 Å². The number of anilines is 1. The average Bonchev–Trinajstić information content (AvgIpc) is 2.33. The van der Waals surface area contributed by atoms with Gasteiger partial charge in [-0.15, -0.1) is 0 Å². The Balaban J connectivity index is 2.04. The topological polar surface area (TPSA) is 32.3 Å². The van der Waals surface area contributed by atoms with Gasteiger partial charge in [0.05, 0.1) is 5.56 Å². The van der Waals surface area contributed by atoms with Gasteiger partial charge in [0.1, 0.15) is 0 Å². The summed E-state index contributed by atoms with van der Waals surface area (Å²) in [6.07, 6.45) is 5.31. The summed E-state index contributed by atoms with van der Waals surface area (Å²) in [7, 11) is 3.58. The predicted molar refractivity (Wildman–Crippen MR) is 79.5 cm³/mol. The van der Waals surface area contributed by atoms with Gasteiger partial charge >= 0.3 is 0 Å². The lowest BCUT2D eigenvalue weighted by Crippen LogP contribution is -2.26. The molecule has 1 aliphatic carbocycles. The Bertz CT molecular complexity index is 438. The molecule has 0 aliphatic heterocycles. The number of nitrogens with one attached hydrogen (secondary N) is 1. The predicted octanol–water partition coefficient (Wildman–Crippen LogP) is 3.38. The first-order chi connectivity index (χ1) is 9.08. The van der Waals surface area contributed by atoms with Crippen molar-refractivity contribution in [2.24, 2.45) is 5.92 Å². The summed E-state index contributed by atoms with van der Waals surface area (Å²) in [5.41, 5.74) is 1.71. The lowest BCUT2D eigenvalue weighted by atomic mass is 9.81. The Morgan fingerprint density at radius 2 is 2.05 bits per heavy atom. The highest BCUT2D eigenvalue weighted by Crippen LogP contribution is 2.31. The Labute approximate surface area is 116 Å². The molecule has 1 atom stereocenters. The third-order valence-corrected chi connectivity index (χ3v) is 3.88. The molecule has 1 N–H and O–H groups in total. The van der Waals surface area contributed by atoms with Gasteiger partial charge in [0.2, 0.25) is 0 Å². The van der Waals surface area contributed by atoms with E-state index in [4.69, 9.17) is 0 Å². The molecule has 0 radical (unpaired) electrons. The Morgan fingerprint density at radius 3 is 2.63 bits per heavy atom. The van der Waals surface area contributed by atoms with Crippen molar-refractivity contribution < 1.29 is 4.79 Å². The highest BCUT2D eigenvalue weighted by atomic mass is 16.2. The van der Waals surface area contributed by atoms with E-state index < -0.39 is 0 Å². The van der Waals surface area contributed by atoms with Crippen LogP contribution in [0.5, 0.6) is 0 Å². The maximum absolute atomic E-state index is 12.1. The second kappa shape index (κ2) is 6.09. The number of carbonyl (C=O) groups excluding carboxylic acids is 1. The van der Waals surface area contributed by atoms with E-state index in [1.165, 1.54) is 25.7 Å². The van der Waals surface area contributed by atoms with Crippen molar-refractivity contribution in [2.45, 2.75) is 38.6 Å². The summed E-state index contributed by atoms with van der Waals surface area (Å²) in [5.74, 6) is 0.929. The molecule has 2 rings (SSSR count). The van der Waals surface area contributed by atoms with E-state index in [9.17, 15) is 4.79 Å². The van der Waals surface area contributed by atoms with Crippen LogP contribution in [0.25, 0.3) is 0 Å². The molecule has 19 heavy (non-hydrogen) atoms. The van der Waals surface area contributed by atoms with Crippen LogP contribution in [0.2, 0.25) is 0 Å². The number of para-hydroxylation sites is 1. The summed E-state index contributed by atoms with van der Waals surface area (Å²) in [4.78, 5) is 13.7. The van der Waals surface area contributed by atoms with Crippen LogP contribution in [-0.4, -0.2) is 30.9 Å². The summed E-state index contributed by atoms with van der Waals surface area (Å²) in [6.45, 7) is 2.20. The highest BCUT2D eigenvalue weighted by molar-refractivity contribution is 5.99. The summed E-state index contributed by atoms with van der Waals surface area (Å²) in [5, 5.41) is 3.50. The highest BCUT2D eigenvalue weighted by Gasteiger charge is 2.21. The number of amides is 1. The zero-order valence-corrected chi connectivity index (χ0v) is 12.1. The molecular formula is C16H24N2O. The fourth-order valence-corrected chi connectivity index (χ4v) is 2.59. The third-order valence-electron chi connectivity index (χ3n) is 3.88. The maximum Gasteiger partial charge on any atom is 0.255 e. The second-order valence-electron chi connectivity index (χ2n) is 5.82. The summed E-state index contributed by atoms with van der Waals surface area (Å²) >= 11 is 0. The van der Waals surface area contributed by atoms with Gasteiger partial charge in [-0.05, 0) is 31.4 Å². The van der Waals surface area contributed by atoms with Crippen molar-refractivity contribution in [3.8, 4) is 0 Å². The van der Waals surface area contributed by atoms with Crippen molar-refractivity contribution in [2.75, 3.05) is 19.4 Å². The second-order valence-corrected chi connectivity index (χ2v) is 5.82. The van der Waals surface area contributed by atoms with E-state index in [0.717, 1.165) is 17.2 Å². The van der Waals surface area contributed by atoms with E-state index in [-0.39, 0.29) is 5.91 Å². The molecule has 0 aromatic heterocycles. The quantitative estimate of drug-likeness (QED) is 0.880. The molecule has 1 aliphatic rings. The van der Waals surface area contributed by atoms with Crippen LogP contribution in [0.1, 0.15) is 43.0 Å². The largest absolute Gasteiger partial charge is 0.382 e. The average molecular weight is 260 g/mol. The van der Waals surface area contributed by atoms with E-state index in [2.05, 4.69) is 12.2 Å². The minimum absolute atomic E-state index is 0.0546.